The molecule has 1 atom stereocenters. The van der Waals surface area contributed by atoms with Gasteiger partial charge in [-0.1, -0.05) is 11.6 Å². The second kappa shape index (κ2) is 7.20. The smallest absolute Gasteiger partial charge is 0.158 e. The first-order valence-electron chi connectivity index (χ1n) is 6.93. The molecular formula is C14H22ClN3O2. The van der Waals surface area contributed by atoms with Crippen molar-refractivity contribution in [2.45, 2.75) is 32.4 Å². The Labute approximate surface area is 125 Å². The largest absolute Gasteiger partial charge is 0.383 e. The maximum atomic E-state index is 6.10. The molecule has 0 saturated heterocycles. The summed E-state index contributed by atoms with van der Waals surface area (Å²) in [6.07, 6.45) is 2.57. The van der Waals surface area contributed by atoms with E-state index in [1.807, 2.05) is 6.07 Å². The molecule has 1 aromatic rings. The van der Waals surface area contributed by atoms with Crippen molar-refractivity contribution in [2.24, 2.45) is 5.92 Å². The van der Waals surface area contributed by atoms with Crippen molar-refractivity contribution in [1.29, 1.82) is 0 Å². The van der Waals surface area contributed by atoms with Crippen LogP contribution in [0.3, 0.4) is 0 Å². The van der Waals surface area contributed by atoms with Crippen LogP contribution in [-0.4, -0.2) is 43.4 Å². The molecule has 0 amide bonds. The SMILES string of the molecule is COCCN(c1cc(Cl)nc(COC)n1)C(C)C1CC1. The van der Waals surface area contributed by atoms with Crippen LogP contribution in [0.2, 0.25) is 5.15 Å². The summed E-state index contributed by atoms with van der Waals surface area (Å²) in [6.45, 7) is 4.06. The molecule has 1 heterocycles. The van der Waals surface area contributed by atoms with Crippen molar-refractivity contribution < 1.29 is 9.47 Å². The van der Waals surface area contributed by atoms with Crippen LogP contribution < -0.4 is 4.90 Å². The van der Waals surface area contributed by atoms with Crippen molar-refractivity contribution >= 4 is 17.4 Å². The van der Waals surface area contributed by atoms with Gasteiger partial charge < -0.3 is 14.4 Å². The molecule has 0 radical (unpaired) electrons. The first kappa shape index (κ1) is 15.5. The van der Waals surface area contributed by atoms with Gasteiger partial charge in [-0.15, -0.1) is 0 Å². The Balaban J connectivity index is 2.21. The molecule has 0 N–H and O–H groups in total. The minimum atomic E-state index is 0.365. The van der Waals surface area contributed by atoms with Crippen molar-refractivity contribution in [2.75, 3.05) is 32.3 Å². The van der Waals surface area contributed by atoms with Gasteiger partial charge in [-0.2, -0.15) is 0 Å². The van der Waals surface area contributed by atoms with Crippen molar-refractivity contribution in [3.05, 3.63) is 17.0 Å². The number of methoxy groups -OCH3 is 2. The fourth-order valence-corrected chi connectivity index (χ4v) is 2.54. The quantitative estimate of drug-likeness (QED) is 0.690. The zero-order valence-corrected chi connectivity index (χ0v) is 13.1. The Hall–Kier alpha value is -0.910. The number of halogens is 1. The van der Waals surface area contributed by atoms with E-state index < -0.39 is 0 Å². The van der Waals surface area contributed by atoms with Crippen molar-refractivity contribution in [3.8, 4) is 0 Å². The normalized spacial score (nSPS) is 16.2. The summed E-state index contributed by atoms with van der Waals surface area (Å²) in [6, 6.07) is 2.25. The number of aromatic nitrogens is 2. The first-order valence-corrected chi connectivity index (χ1v) is 7.31. The van der Waals surface area contributed by atoms with Gasteiger partial charge in [-0.3, -0.25) is 0 Å². The molecule has 112 valence electrons. The van der Waals surface area contributed by atoms with Gasteiger partial charge >= 0.3 is 0 Å². The van der Waals surface area contributed by atoms with Crippen LogP contribution in [0.15, 0.2) is 6.07 Å². The topological polar surface area (TPSA) is 47.5 Å². The Morgan fingerprint density at radius 3 is 2.70 bits per heavy atom. The van der Waals surface area contributed by atoms with Crippen LogP contribution >= 0.6 is 11.6 Å². The Bertz CT molecular complexity index is 440. The Kier molecular flexibility index (Phi) is 5.57. The zero-order valence-electron chi connectivity index (χ0n) is 12.3. The van der Waals surface area contributed by atoms with Gasteiger partial charge in [0.25, 0.3) is 0 Å². The minimum Gasteiger partial charge on any atom is -0.383 e. The van der Waals surface area contributed by atoms with Crippen LogP contribution in [0.1, 0.15) is 25.6 Å². The lowest BCUT2D eigenvalue weighted by atomic mass is 10.2. The highest BCUT2D eigenvalue weighted by atomic mass is 35.5. The molecule has 2 rings (SSSR count). The maximum Gasteiger partial charge on any atom is 0.158 e. The van der Waals surface area contributed by atoms with Gasteiger partial charge in [-0.05, 0) is 25.7 Å². The van der Waals surface area contributed by atoms with Crippen LogP contribution in [-0.2, 0) is 16.1 Å². The molecule has 1 aliphatic carbocycles. The van der Waals surface area contributed by atoms with E-state index in [1.165, 1.54) is 12.8 Å². The lowest BCUT2D eigenvalue weighted by molar-refractivity contribution is 0.177. The fourth-order valence-electron chi connectivity index (χ4n) is 2.34. The Morgan fingerprint density at radius 1 is 1.35 bits per heavy atom. The molecule has 5 nitrogen and oxygen atoms in total. The van der Waals surface area contributed by atoms with Crippen molar-refractivity contribution in [1.82, 2.24) is 9.97 Å². The molecular weight excluding hydrogens is 278 g/mol. The lowest BCUT2D eigenvalue weighted by Gasteiger charge is -2.30. The molecule has 0 aliphatic heterocycles. The second-order valence-electron chi connectivity index (χ2n) is 5.16. The summed E-state index contributed by atoms with van der Waals surface area (Å²) >= 11 is 6.10. The van der Waals surface area contributed by atoms with E-state index in [0.717, 1.165) is 18.3 Å². The maximum absolute atomic E-state index is 6.10. The average molecular weight is 300 g/mol. The summed E-state index contributed by atoms with van der Waals surface area (Å²) in [5.74, 6) is 2.21. The fraction of sp³-hybridized carbons (Fsp3) is 0.714. The Morgan fingerprint density at radius 2 is 2.10 bits per heavy atom. The molecule has 1 aromatic heterocycles. The monoisotopic (exact) mass is 299 g/mol. The van der Waals surface area contributed by atoms with Crippen LogP contribution in [0.25, 0.3) is 0 Å². The van der Waals surface area contributed by atoms with Crippen molar-refractivity contribution in [3.63, 3.8) is 0 Å². The molecule has 1 unspecified atom stereocenters. The van der Waals surface area contributed by atoms with E-state index in [1.54, 1.807) is 14.2 Å². The van der Waals surface area contributed by atoms with Gasteiger partial charge in [0, 0.05) is 32.9 Å². The summed E-state index contributed by atoms with van der Waals surface area (Å²) in [4.78, 5) is 11.0. The van der Waals surface area contributed by atoms with Crippen LogP contribution in [0, 0.1) is 5.92 Å². The molecule has 6 heteroatoms. The number of nitrogens with zero attached hydrogens (tertiary/aromatic N) is 3. The average Bonchev–Trinajstić information content (AvgIpc) is 3.23. The van der Waals surface area contributed by atoms with Gasteiger partial charge in [0.15, 0.2) is 5.82 Å². The number of hydrogen-bond donors (Lipinski definition) is 0. The third-order valence-corrected chi connectivity index (χ3v) is 3.82. The molecule has 1 saturated carbocycles. The van der Waals surface area contributed by atoms with Crippen LogP contribution in [0.5, 0.6) is 0 Å². The highest BCUT2D eigenvalue weighted by Crippen LogP contribution is 2.36. The van der Waals surface area contributed by atoms with Crippen LogP contribution in [0.4, 0.5) is 5.82 Å². The predicted molar refractivity (Wildman–Crippen MR) is 79.2 cm³/mol. The van der Waals surface area contributed by atoms with E-state index in [9.17, 15) is 0 Å². The molecule has 0 aromatic carbocycles. The van der Waals surface area contributed by atoms with E-state index in [0.29, 0.717) is 30.2 Å². The molecule has 0 spiro atoms. The number of rotatable bonds is 8. The standard InChI is InChI=1S/C14H22ClN3O2/c1-10(11-4-5-11)18(6-7-19-2)14-8-12(15)16-13(17-14)9-20-3/h8,10-11H,4-7,9H2,1-3H3. The first-order chi connectivity index (χ1) is 9.65. The number of hydrogen-bond acceptors (Lipinski definition) is 5. The third-order valence-electron chi connectivity index (χ3n) is 3.63. The van der Waals surface area contributed by atoms with Gasteiger partial charge in [0.05, 0.1) is 6.61 Å². The molecule has 1 fully saturated rings. The highest BCUT2D eigenvalue weighted by molar-refractivity contribution is 6.29. The predicted octanol–water partition coefficient (Wildman–Crippen LogP) is 2.53. The zero-order chi connectivity index (χ0) is 14.5. The van der Waals surface area contributed by atoms with Gasteiger partial charge in [0.1, 0.15) is 17.6 Å². The van der Waals surface area contributed by atoms with E-state index in [-0.39, 0.29) is 0 Å². The third kappa shape index (κ3) is 4.04. The summed E-state index contributed by atoms with van der Waals surface area (Å²) in [5.41, 5.74) is 0. The molecule has 0 bridgehead atoms. The minimum absolute atomic E-state index is 0.365. The molecule has 1 aliphatic rings. The number of anilines is 1. The molecule has 20 heavy (non-hydrogen) atoms. The van der Waals surface area contributed by atoms with E-state index in [4.69, 9.17) is 21.1 Å². The van der Waals surface area contributed by atoms with E-state index >= 15 is 0 Å². The summed E-state index contributed by atoms with van der Waals surface area (Å²) in [5, 5.41) is 0.451. The number of ether oxygens (including phenoxy) is 2. The summed E-state index contributed by atoms with van der Waals surface area (Å²) in [7, 11) is 3.34. The van der Waals surface area contributed by atoms with Gasteiger partial charge in [0.2, 0.25) is 0 Å². The highest BCUT2D eigenvalue weighted by Gasteiger charge is 2.32. The lowest BCUT2D eigenvalue weighted by Crippen LogP contribution is -2.38. The van der Waals surface area contributed by atoms with Gasteiger partial charge in [-0.25, -0.2) is 9.97 Å². The second-order valence-corrected chi connectivity index (χ2v) is 5.55. The summed E-state index contributed by atoms with van der Waals surface area (Å²) < 4.78 is 10.3. The van der Waals surface area contributed by atoms with E-state index in [2.05, 4.69) is 21.8 Å².